The molecule has 2 amide bonds. The van der Waals surface area contributed by atoms with Gasteiger partial charge in [-0.05, 0) is 91.1 Å². The lowest BCUT2D eigenvalue weighted by Gasteiger charge is -2.26. The Morgan fingerprint density at radius 2 is 1.69 bits per heavy atom. The van der Waals surface area contributed by atoms with Crippen molar-refractivity contribution in [1.29, 1.82) is 0 Å². The number of likely N-dealkylation sites (N-methyl/N-ethyl adjacent to an activating group) is 1. The van der Waals surface area contributed by atoms with Crippen molar-refractivity contribution < 1.29 is 14.4 Å². The molecule has 36 heavy (non-hydrogen) atoms. The second-order valence-electron chi connectivity index (χ2n) is 10.0. The van der Waals surface area contributed by atoms with Gasteiger partial charge in [0.05, 0.1) is 17.7 Å². The quantitative estimate of drug-likeness (QED) is 0.235. The molecule has 0 aromatic heterocycles. The summed E-state index contributed by atoms with van der Waals surface area (Å²) in [6, 6.07) is 20.2. The second-order valence-corrected chi connectivity index (χ2v) is 10.8. The highest BCUT2D eigenvalue weighted by Crippen LogP contribution is 2.27. The van der Waals surface area contributed by atoms with E-state index in [9.17, 15) is 9.59 Å². The lowest BCUT2D eigenvalue weighted by molar-refractivity contribution is -0.220. The fourth-order valence-electron chi connectivity index (χ4n) is 3.96. The normalized spacial score (nSPS) is 11.6. The topological polar surface area (TPSA) is 61.9 Å². The zero-order chi connectivity index (χ0) is 26.1. The predicted octanol–water partition coefficient (Wildman–Crippen LogP) is 5.59. The van der Waals surface area contributed by atoms with Gasteiger partial charge in [0.15, 0.2) is 0 Å². The summed E-state index contributed by atoms with van der Waals surface area (Å²) in [5.74, 6) is -0.0674. The molecule has 0 radical (unpaired) electrons. The van der Waals surface area contributed by atoms with E-state index >= 15 is 0 Å². The van der Waals surface area contributed by atoms with Crippen molar-refractivity contribution in [2.75, 3.05) is 26.7 Å². The van der Waals surface area contributed by atoms with Crippen LogP contribution in [0.15, 0.2) is 65.1 Å². The van der Waals surface area contributed by atoms with Crippen LogP contribution in [0.4, 0.5) is 0 Å². The molecule has 0 bridgehead atoms. The van der Waals surface area contributed by atoms with Gasteiger partial charge in [0, 0.05) is 17.6 Å². The number of nitrogens with one attached hydrogen (secondary N) is 1. The first-order chi connectivity index (χ1) is 17.2. The fraction of sp³-hybridized carbons (Fsp3) is 0.379. The number of hydroxylamine groups is 2. The van der Waals surface area contributed by atoms with Gasteiger partial charge in [0.1, 0.15) is 0 Å². The molecule has 0 aliphatic rings. The minimum absolute atomic E-state index is 0.0674. The predicted molar refractivity (Wildman–Crippen MR) is 149 cm³/mol. The summed E-state index contributed by atoms with van der Waals surface area (Å²) in [6.07, 6.45) is 2.71. The van der Waals surface area contributed by atoms with Gasteiger partial charge >= 0.3 is 0 Å². The Labute approximate surface area is 222 Å². The molecule has 3 rings (SSSR count). The van der Waals surface area contributed by atoms with E-state index in [4.69, 9.17) is 4.84 Å². The van der Waals surface area contributed by atoms with Crippen LogP contribution in [0.3, 0.4) is 0 Å². The first-order valence-corrected chi connectivity index (χ1v) is 13.1. The molecule has 3 aromatic rings. The van der Waals surface area contributed by atoms with Crippen LogP contribution in [0.2, 0.25) is 0 Å². The molecule has 0 fully saturated rings. The summed E-state index contributed by atoms with van der Waals surface area (Å²) in [5.41, 5.74) is 2.53. The first-order valence-electron chi connectivity index (χ1n) is 12.3. The van der Waals surface area contributed by atoms with Gasteiger partial charge in [-0.2, -0.15) is 0 Å². The van der Waals surface area contributed by atoms with E-state index in [0.717, 1.165) is 53.1 Å². The minimum Gasteiger partial charge on any atom is -0.351 e. The summed E-state index contributed by atoms with van der Waals surface area (Å²) in [6.45, 7) is 8.49. The minimum atomic E-state index is -0.414. The number of aryl methyl sites for hydroxylation is 1. The number of fused-ring (bicyclic) bond motifs is 1. The third-order valence-electron chi connectivity index (χ3n) is 5.76. The lowest BCUT2D eigenvalue weighted by atomic mass is 10.1. The second kappa shape index (κ2) is 13.0. The average Bonchev–Trinajstić information content (AvgIpc) is 2.84. The van der Waals surface area contributed by atoms with E-state index in [1.165, 1.54) is 10.6 Å². The fourth-order valence-corrected chi connectivity index (χ4v) is 4.64. The highest BCUT2D eigenvalue weighted by molar-refractivity contribution is 9.10. The maximum atomic E-state index is 12.7. The Hall–Kier alpha value is -2.74. The molecule has 0 saturated carbocycles. The monoisotopic (exact) mass is 553 g/mol. The number of amides is 2. The summed E-state index contributed by atoms with van der Waals surface area (Å²) < 4.78 is 0.832. The molecule has 0 saturated heterocycles. The summed E-state index contributed by atoms with van der Waals surface area (Å²) >= 11 is 3.60. The van der Waals surface area contributed by atoms with Crippen molar-refractivity contribution >= 4 is 39.0 Å². The molecule has 0 unspecified atom stereocenters. The number of nitrogens with zero attached hydrogens (tertiary/aromatic N) is 2. The molecule has 0 atom stereocenters. The molecule has 0 spiro atoms. The molecule has 7 heteroatoms. The van der Waals surface area contributed by atoms with E-state index < -0.39 is 5.60 Å². The Balaban J connectivity index is 1.38. The maximum absolute atomic E-state index is 12.7. The summed E-state index contributed by atoms with van der Waals surface area (Å²) in [7, 11) is 2.07. The summed E-state index contributed by atoms with van der Waals surface area (Å²) in [4.78, 5) is 31.8. The molecule has 6 nitrogen and oxygen atoms in total. The standard InChI is InChI=1S/C29H36BrN3O3/c1-29(2,3)36-33(21-34)20-23-13-11-22(12-14-23)8-7-18-32(4)19-17-31-28(35)26-16-15-24-9-5-6-10-25(24)27(26)30/h5-6,9-16,21H,7-8,17-20H2,1-4H3,(H,31,35). The highest BCUT2D eigenvalue weighted by Gasteiger charge is 2.16. The van der Waals surface area contributed by atoms with E-state index in [0.29, 0.717) is 18.7 Å². The van der Waals surface area contributed by atoms with Crippen molar-refractivity contribution in [2.24, 2.45) is 0 Å². The van der Waals surface area contributed by atoms with Gasteiger partial charge in [-0.15, -0.1) is 0 Å². The zero-order valence-electron chi connectivity index (χ0n) is 21.6. The van der Waals surface area contributed by atoms with Crippen LogP contribution in [0.5, 0.6) is 0 Å². The Kier molecular flexibility index (Phi) is 10.0. The third kappa shape index (κ3) is 8.43. The smallest absolute Gasteiger partial charge is 0.252 e. The third-order valence-corrected chi connectivity index (χ3v) is 6.62. The van der Waals surface area contributed by atoms with Gasteiger partial charge < -0.3 is 10.2 Å². The van der Waals surface area contributed by atoms with Crippen molar-refractivity contribution in [3.8, 4) is 0 Å². The first kappa shape index (κ1) is 27.8. The number of carbonyl (C=O) groups is 2. The van der Waals surface area contributed by atoms with Gasteiger partial charge in [0.2, 0.25) is 6.41 Å². The molecule has 1 N–H and O–H groups in total. The number of hydrogen-bond donors (Lipinski definition) is 1. The Bertz CT molecular complexity index is 1160. The number of hydrogen-bond acceptors (Lipinski definition) is 4. The molecular weight excluding hydrogens is 518 g/mol. The van der Waals surface area contributed by atoms with Crippen LogP contribution in [-0.4, -0.2) is 54.6 Å². The largest absolute Gasteiger partial charge is 0.351 e. The Morgan fingerprint density at radius 3 is 2.39 bits per heavy atom. The number of halogens is 1. The van der Waals surface area contributed by atoms with E-state index in [1.807, 2.05) is 69.3 Å². The molecule has 0 heterocycles. The molecule has 192 valence electrons. The number of rotatable bonds is 12. The molecular formula is C29H36BrN3O3. The Morgan fingerprint density at radius 1 is 1.00 bits per heavy atom. The lowest BCUT2D eigenvalue weighted by Crippen LogP contribution is -2.33. The van der Waals surface area contributed by atoms with Gasteiger partial charge in [-0.1, -0.05) is 54.6 Å². The van der Waals surface area contributed by atoms with Crippen LogP contribution in [-0.2, 0) is 22.6 Å². The van der Waals surface area contributed by atoms with E-state index in [-0.39, 0.29) is 5.91 Å². The molecule has 3 aromatic carbocycles. The molecule has 0 aliphatic carbocycles. The van der Waals surface area contributed by atoms with Crippen LogP contribution in [0, 0.1) is 0 Å². The highest BCUT2D eigenvalue weighted by atomic mass is 79.9. The average molecular weight is 555 g/mol. The zero-order valence-corrected chi connectivity index (χ0v) is 23.2. The van der Waals surface area contributed by atoms with Crippen LogP contribution >= 0.6 is 15.9 Å². The van der Waals surface area contributed by atoms with E-state index in [2.05, 4.69) is 45.3 Å². The van der Waals surface area contributed by atoms with Crippen molar-refractivity contribution in [2.45, 2.75) is 45.8 Å². The van der Waals surface area contributed by atoms with Gasteiger partial charge in [-0.25, -0.2) is 5.06 Å². The number of carbonyl (C=O) groups excluding carboxylic acids is 2. The van der Waals surface area contributed by atoms with E-state index in [1.54, 1.807) is 0 Å². The SMILES string of the molecule is CN(CCCc1ccc(CN(C=O)OC(C)(C)C)cc1)CCNC(=O)c1ccc2ccccc2c1Br. The van der Waals surface area contributed by atoms with Gasteiger partial charge in [0.25, 0.3) is 5.91 Å². The number of benzene rings is 3. The van der Waals surface area contributed by atoms with Crippen LogP contribution in [0.25, 0.3) is 10.8 Å². The summed E-state index contributed by atoms with van der Waals surface area (Å²) in [5, 5.41) is 6.51. The van der Waals surface area contributed by atoms with Crippen LogP contribution in [0.1, 0.15) is 48.7 Å². The van der Waals surface area contributed by atoms with Crippen molar-refractivity contribution in [1.82, 2.24) is 15.3 Å². The van der Waals surface area contributed by atoms with Crippen molar-refractivity contribution in [3.63, 3.8) is 0 Å². The van der Waals surface area contributed by atoms with Crippen molar-refractivity contribution in [3.05, 3.63) is 81.8 Å². The van der Waals surface area contributed by atoms with Gasteiger partial charge in [-0.3, -0.25) is 14.4 Å². The maximum Gasteiger partial charge on any atom is 0.252 e. The van der Waals surface area contributed by atoms with Crippen LogP contribution < -0.4 is 5.32 Å². The molecule has 0 aliphatic heterocycles.